The summed E-state index contributed by atoms with van der Waals surface area (Å²) in [7, 11) is 1.67. The average molecular weight is 269 g/mol. The van der Waals surface area contributed by atoms with E-state index in [4.69, 9.17) is 9.47 Å². The van der Waals surface area contributed by atoms with E-state index in [1.165, 1.54) is 16.7 Å². The Labute approximate surface area is 119 Å². The molecule has 2 aromatic carbocycles. The summed E-state index contributed by atoms with van der Waals surface area (Å²) >= 11 is 0. The van der Waals surface area contributed by atoms with Gasteiger partial charge in [-0.3, -0.25) is 0 Å². The van der Waals surface area contributed by atoms with Crippen LogP contribution in [0, 0.1) is 0 Å². The van der Waals surface area contributed by atoms with Crippen LogP contribution in [0.4, 0.5) is 0 Å². The van der Waals surface area contributed by atoms with E-state index in [1.54, 1.807) is 7.11 Å². The molecule has 0 fully saturated rings. The van der Waals surface area contributed by atoms with Crippen LogP contribution >= 0.6 is 0 Å². The summed E-state index contributed by atoms with van der Waals surface area (Å²) in [5.41, 5.74) is 4.09. The van der Waals surface area contributed by atoms with Gasteiger partial charge < -0.3 is 14.8 Å². The molecule has 0 spiro atoms. The number of hydrogen-bond acceptors (Lipinski definition) is 3. The van der Waals surface area contributed by atoms with Crippen molar-refractivity contribution in [1.82, 2.24) is 5.32 Å². The summed E-state index contributed by atoms with van der Waals surface area (Å²) in [6, 6.07) is 14.2. The third kappa shape index (κ3) is 2.78. The average Bonchev–Trinajstić information content (AvgIpc) is 2.53. The Balaban J connectivity index is 1.75. The fourth-order valence-electron chi connectivity index (χ4n) is 2.57. The molecule has 0 atom stereocenters. The van der Waals surface area contributed by atoms with Crippen molar-refractivity contribution >= 4 is 0 Å². The van der Waals surface area contributed by atoms with E-state index in [0.717, 1.165) is 31.0 Å². The Kier molecular flexibility index (Phi) is 3.88. The zero-order valence-corrected chi connectivity index (χ0v) is 11.7. The molecule has 1 aliphatic rings. The van der Waals surface area contributed by atoms with Gasteiger partial charge in [0.2, 0.25) is 0 Å². The van der Waals surface area contributed by atoms with E-state index in [1.807, 2.05) is 24.3 Å². The van der Waals surface area contributed by atoms with Crippen molar-refractivity contribution in [3.8, 4) is 11.5 Å². The first-order chi connectivity index (χ1) is 9.86. The quantitative estimate of drug-likeness (QED) is 0.925. The number of hydrogen-bond donors (Lipinski definition) is 1. The van der Waals surface area contributed by atoms with Gasteiger partial charge >= 0.3 is 0 Å². The van der Waals surface area contributed by atoms with Gasteiger partial charge in [-0.2, -0.15) is 0 Å². The molecule has 1 N–H and O–H groups in total. The maximum atomic E-state index is 5.89. The fraction of sp³-hybridized carbons (Fsp3) is 0.294. The first kappa shape index (κ1) is 13.0. The monoisotopic (exact) mass is 269 g/mol. The third-order valence-electron chi connectivity index (χ3n) is 3.68. The van der Waals surface area contributed by atoms with Crippen LogP contribution in [0.3, 0.4) is 0 Å². The SMILES string of the molecule is COc1cccc(OCc2cccc3c2CNCC3)c1. The molecule has 104 valence electrons. The van der Waals surface area contributed by atoms with E-state index in [-0.39, 0.29) is 0 Å². The first-order valence-corrected chi connectivity index (χ1v) is 6.94. The van der Waals surface area contributed by atoms with Crippen molar-refractivity contribution < 1.29 is 9.47 Å². The van der Waals surface area contributed by atoms with Gasteiger partial charge in [-0.05, 0) is 41.8 Å². The first-order valence-electron chi connectivity index (χ1n) is 6.94. The molecule has 1 heterocycles. The van der Waals surface area contributed by atoms with Gasteiger partial charge in [-0.1, -0.05) is 24.3 Å². The van der Waals surface area contributed by atoms with Gasteiger partial charge in [0.15, 0.2) is 0 Å². The lowest BCUT2D eigenvalue weighted by molar-refractivity contribution is 0.301. The van der Waals surface area contributed by atoms with Crippen LogP contribution in [0.5, 0.6) is 11.5 Å². The molecule has 3 heteroatoms. The summed E-state index contributed by atoms with van der Waals surface area (Å²) in [5, 5.41) is 3.42. The van der Waals surface area contributed by atoms with Gasteiger partial charge in [-0.25, -0.2) is 0 Å². The molecule has 3 nitrogen and oxygen atoms in total. The highest BCUT2D eigenvalue weighted by atomic mass is 16.5. The van der Waals surface area contributed by atoms with Gasteiger partial charge in [0.1, 0.15) is 18.1 Å². The second-order valence-corrected chi connectivity index (χ2v) is 4.95. The van der Waals surface area contributed by atoms with Crippen molar-refractivity contribution in [3.63, 3.8) is 0 Å². The topological polar surface area (TPSA) is 30.5 Å². The smallest absolute Gasteiger partial charge is 0.123 e. The number of fused-ring (bicyclic) bond motifs is 1. The Bertz CT molecular complexity index is 595. The normalized spacial score (nSPS) is 13.7. The molecule has 0 saturated carbocycles. The summed E-state index contributed by atoms with van der Waals surface area (Å²) in [5.74, 6) is 1.66. The molecule has 0 aromatic heterocycles. The summed E-state index contributed by atoms with van der Waals surface area (Å²) in [4.78, 5) is 0. The lowest BCUT2D eigenvalue weighted by Gasteiger charge is -2.20. The lowest BCUT2D eigenvalue weighted by Crippen LogP contribution is -2.25. The van der Waals surface area contributed by atoms with Crippen molar-refractivity contribution in [1.29, 1.82) is 0 Å². The molecular formula is C17H19NO2. The number of rotatable bonds is 4. The second-order valence-electron chi connectivity index (χ2n) is 4.95. The predicted molar refractivity (Wildman–Crippen MR) is 79.2 cm³/mol. The van der Waals surface area contributed by atoms with Crippen molar-refractivity contribution in [2.45, 2.75) is 19.6 Å². The third-order valence-corrected chi connectivity index (χ3v) is 3.68. The molecule has 0 amide bonds. The molecular weight excluding hydrogens is 250 g/mol. The molecule has 20 heavy (non-hydrogen) atoms. The number of ether oxygens (including phenoxy) is 2. The number of methoxy groups -OCH3 is 1. The summed E-state index contributed by atoms with van der Waals surface area (Å²) < 4.78 is 11.1. The van der Waals surface area contributed by atoms with Crippen LogP contribution in [0.2, 0.25) is 0 Å². The molecule has 0 radical (unpaired) electrons. The molecule has 3 rings (SSSR count). The second kappa shape index (κ2) is 5.97. The van der Waals surface area contributed by atoms with E-state index >= 15 is 0 Å². The van der Waals surface area contributed by atoms with Gasteiger partial charge in [0.25, 0.3) is 0 Å². The van der Waals surface area contributed by atoms with Crippen molar-refractivity contribution in [3.05, 3.63) is 59.2 Å². The number of nitrogens with one attached hydrogen (secondary N) is 1. The summed E-state index contributed by atoms with van der Waals surface area (Å²) in [6.07, 6.45) is 1.10. The van der Waals surface area contributed by atoms with Gasteiger partial charge in [-0.15, -0.1) is 0 Å². The summed E-state index contributed by atoms with van der Waals surface area (Å²) in [6.45, 7) is 2.60. The lowest BCUT2D eigenvalue weighted by atomic mass is 9.96. The molecule has 2 aromatic rings. The standard InChI is InChI=1S/C17H19NO2/c1-19-15-6-3-7-16(10-15)20-12-14-5-2-4-13-8-9-18-11-17(13)14/h2-7,10,18H,8-9,11-12H2,1H3. The Morgan fingerprint density at radius 3 is 2.85 bits per heavy atom. The highest BCUT2D eigenvalue weighted by Crippen LogP contribution is 2.23. The Hall–Kier alpha value is -2.00. The van der Waals surface area contributed by atoms with Crippen molar-refractivity contribution in [2.24, 2.45) is 0 Å². The molecule has 0 saturated heterocycles. The van der Waals surface area contributed by atoms with Gasteiger partial charge in [0.05, 0.1) is 7.11 Å². The van der Waals surface area contributed by atoms with Crippen LogP contribution in [0.15, 0.2) is 42.5 Å². The zero-order chi connectivity index (χ0) is 13.8. The largest absolute Gasteiger partial charge is 0.497 e. The van der Waals surface area contributed by atoms with Crippen LogP contribution in [-0.4, -0.2) is 13.7 Å². The Morgan fingerprint density at radius 1 is 1.10 bits per heavy atom. The van der Waals surface area contributed by atoms with Crippen molar-refractivity contribution in [2.75, 3.05) is 13.7 Å². The minimum Gasteiger partial charge on any atom is -0.497 e. The molecule has 0 aliphatic carbocycles. The van der Waals surface area contributed by atoms with Crippen LogP contribution in [0.1, 0.15) is 16.7 Å². The predicted octanol–water partition coefficient (Wildman–Crippen LogP) is 2.92. The van der Waals surface area contributed by atoms with E-state index < -0.39 is 0 Å². The highest BCUT2D eigenvalue weighted by Gasteiger charge is 2.12. The minimum atomic E-state index is 0.595. The molecule has 1 aliphatic heterocycles. The van der Waals surface area contributed by atoms with E-state index in [2.05, 4.69) is 23.5 Å². The Morgan fingerprint density at radius 2 is 1.95 bits per heavy atom. The maximum Gasteiger partial charge on any atom is 0.123 e. The highest BCUT2D eigenvalue weighted by molar-refractivity contribution is 5.37. The molecule has 0 unspecified atom stereocenters. The fourth-order valence-corrected chi connectivity index (χ4v) is 2.57. The maximum absolute atomic E-state index is 5.89. The van der Waals surface area contributed by atoms with E-state index in [0.29, 0.717) is 6.61 Å². The molecule has 0 bridgehead atoms. The zero-order valence-electron chi connectivity index (χ0n) is 11.7. The van der Waals surface area contributed by atoms with Crippen LogP contribution < -0.4 is 14.8 Å². The van der Waals surface area contributed by atoms with E-state index in [9.17, 15) is 0 Å². The van der Waals surface area contributed by atoms with Gasteiger partial charge in [0, 0.05) is 12.6 Å². The number of benzene rings is 2. The van der Waals surface area contributed by atoms with Crippen LogP contribution in [-0.2, 0) is 19.6 Å². The minimum absolute atomic E-state index is 0.595. The van der Waals surface area contributed by atoms with Crippen LogP contribution in [0.25, 0.3) is 0 Å².